The molecule has 1 aromatic carbocycles. The van der Waals surface area contributed by atoms with Crippen LogP contribution in [0.1, 0.15) is 52.0 Å². The zero-order valence-corrected chi connectivity index (χ0v) is 15.4. The van der Waals surface area contributed by atoms with Crippen molar-refractivity contribution in [1.29, 1.82) is 0 Å². The summed E-state index contributed by atoms with van der Waals surface area (Å²) in [5.74, 6) is 1.84. The number of carbonyl (C=O) groups excluding carboxylic acids is 1. The molecule has 1 amide bonds. The first-order chi connectivity index (χ1) is 12.1. The number of carbonyl (C=O) groups is 1. The van der Waals surface area contributed by atoms with E-state index in [0.29, 0.717) is 13.2 Å². The van der Waals surface area contributed by atoms with Crippen LogP contribution in [0, 0.1) is 5.92 Å². The van der Waals surface area contributed by atoms with Crippen molar-refractivity contribution in [1.82, 2.24) is 5.32 Å². The Labute approximate surface area is 152 Å². The minimum absolute atomic E-state index is 0.0213. The van der Waals surface area contributed by atoms with Gasteiger partial charge < -0.3 is 14.8 Å². The summed E-state index contributed by atoms with van der Waals surface area (Å²) in [6.07, 6.45) is 3.44. The predicted octanol–water partition coefficient (Wildman–Crippen LogP) is 4.14. The highest BCUT2D eigenvalue weighted by Crippen LogP contribution is 2.35. The van der Waals surface area contributed by atoms with Crippen molar-refractivity contribution in [2.75, 3.05) is 13.2 Å². The molecule has 132 valence electrons. The maximum Gasteiger partial charge on any atom is 0.261 e. The highest BCUT2D eigenvalue weighted by molar-refractivity contribution is 7.14. The van der Waals surface area contributed by atoms with Crippen LogP contribution < -0.4 is 14.8 Å². The van der Waals surface area contributed by atoms with E-state index in [0.717, 1.165) is 34.8 Å². The summed E-state index contributed by atoms with van der Waals surface area (Å²) in [5.41, 5.74) is 2.41. The SMILES string of the molecule is CC(C)[C@@H](NC(=O)c1cc2c(s1)CCC2)c1ccc2c(c1)OCCO2. The molecule has 2 aromatic rings. The highest BCUT2D eigenvalue weighted by Gasteiger charge is 2.24. The van der Waals surface area contributed by atoms with E-state index in [9.17, 15) is 4.79 Å². The summed E-state index contributed by atoms with van der Waals surface area (Å²) >= 11 is 1.65. The van der Waals surface area contributed by atoms with Crippen molar-refractivity contribution in [2.45, 2.75) is 39.2 Å². The van der Waals surface area contributed by atoms with Crippen LogP contribution in [-0.4, -0.2) is 19.1 Å². The molecule has 0 fully saturated rings. The minimum Gasteiger partial charge on any atom is -0.486 e. The number of nitrogens with one attached hydrogen (secondary N) is 1. The molecule has 0 radical (unpaired) electrons. The molecule has 0 saturated carbocycles. The normalized spacial score (nSPS) is 16.6. The second-order valence-electron chi connectivity index (χ2n) is 7.01. The molecule has 1 aromatic heterocycles. The standard InChI is InChI=1S/C20H23NO3S/c1-12(2)19(14-6-7-15-16(10-14)24-9-8-23-15)21-20(22)18-11-13-4-3-5-17(13)25-18/h6-7,10-12,19H,3-5,8-9H2,1-2H3,(H,21,22)/t19-/m1/s1. The number of fused-ring (bicyclic) bond motifs is 2. The van der Waals surface area contributed by atoms with Crippen LogP contribution in [0.4, 0.5) is 0 Å². The van der Waals surface area contributed by atoms with Gasteiger partial charge in [-0.25, -0.2) is 0 Å². The van der Waals surface area contributed by atoms with Crippen LogP contribution >= 0.6 is 11.3 Å². The lowest BCUT2D eigenvalue weighted by Crippen LogP contribution is -2.31. The molecular weight excluding hydrogens is 334 g/mol. The van der Waals surface area contributed by atoms with Crippen molar-refractivity contribution in [2.24, 2.45) is 5.92 Å². The molecule has 0 saturated heterocycles. The predicted molar refractivity (Wildman–Crippen MR) is 98.8 cm³/mol. The van der Waals surface area contributed by atoms with E-state index in [1.54, 1.807) is 11.3 Å². The van der Waals surface area contributed by atoms with Gasteiger partial charge in [-0.05, 0) is 54.5 Å². The van der Waals surface area contributed by atoms with Gasteiger partial charge in [-0.2, -0.15) is 0 Å². The van der Waals surface area contributed by atoms with E-state index >= 15 is 0 Å². The Morgan fingerprint density at radius 1 is 1.12 bits per heavy atom. The van der Waals surface area contributed by atoms with Gasteiger partial charge in [-0.1, -0.05) is 19.9 Å². The topological polar surface area (TPSA) is 47.6 Å². The number of thiophene rings is 1. The van der Waals surface area contributed by atoms with Gasteiger partial charge in [0.1, 0.15) is 13.2 Å². The molecule has 1 atom stereocenters. The maximum absolute atomic E-state index is 12.8. The Kier molecular flexibility index (Phi) is 4.42. The third kappa shape index (κ3) is 3.25. The molecule has 1 aliphatic heterocycles. The fourth-order valence-corrected chi connectivity index (χ4v) is 4.70. The number of hydrogen-bond acceptors (Lipinski definition) is 4. The van der Waals surface area contributed by atoms with Crippen LogP contribution in [0.5, 0.6) is 11.5 Å². The van der Waals surface area contributed by atoms with E-state index < -0.39 is 0 Å². The summed E-state index contributed by atoms with van der Waals surface area (Å²) in [7, 11) is 0. The summed E-state index contributed by atoms with van der Waals surface area (Å²) in [5, 5.41) is 3.22. The minimum atomic E-state index is -0.0553. The average molecular weight is 357 g/mol. The molecule has 2 heterocycles. The molecule has 1 aliphatic carbocycles. The Morgan fingerprint density at radius 2 is 1.92 bits per heavy atom. The van der Waals surface area contributed by atoms with Crippen molar-refractivity contribution in [3.05, 3.63) is 45.1 Å². The zero-order chi connectivity index (χ0) is 17.4. The number of aryl methyl sites for hydroxylation is 2. The van der Waals surface area contributed by atoms with Crippen LogP contribution in [0.15, 0.2) is 24.3 Å². The van der Waals surface area contributed by atoms with Gasteiger partial charge in [0.25, 0.3) is 5.91 Å². The first kappa shape index (κ1) is 16.5. The van der Waals surface area contributed by atoms with Gasteiger partial charge in [0.05, 0.1) is 10.9 Å². The third-order valence-corrected chi connectivity index (χ3v) is 6.08. The molecule has 0 unspecified atom stereocenters. The number of amides is 1. The molecule has 1 N–H and O–H groups in total. The molecule has 4 rings (SSSR count). The van der Waals surface area contributed by atoms with E-state index in [1.807, 2.05) is 18.2 Å². The van der Waals surface area contributed by atoms with Gasteiger partial charge in [0, 0.05) is 4.88 Å². The average Bonchev–Trinajstić information content (AvgIpc) is 3.20. The van der Waals surface area contributed by atoms with Crippen LogP contribution in [-0.2, 0) is 12.8 Å². The number of ether oxygens (including phenoxy) is 2. The van der Waals surface area contributed by atoms with E-state index in [4.69, 9.17) is 9.47 Å². The summed E-state index contributed by atoms with van der Waals surface area (Å²) < 4.78 is 11.3. The lowest BCUT2D eigenvalue weighted by Gasteiger charge is -2.25. The van der Waals surface area contributed by atoms with Gasteiger partial charge >= 0.3 is 0 Å². The molecule has 0 spiro atoms. The van der Waals surface area contributed by atoms with Gasteiger partial charge in [0.15, 0.2) is 11.5 Å². The first-order valence-electron chi connectivity index (χ1n) is 8.94. The molecular formula is C20H23NO3S. The van der Waals surface area contributed by atoms with E-state index in [1.165, 1.54) is 16.9 Å². The second kappa shape index (κ2) is 6.71. The molecule has 4 nitrogen and oxygen atoms in total. The number of benzene rings is 1. The van der Waals surface area contributed by atoms with Crippen LogP contribution in [0.25, 0.3) is 0 Å². The van der Waals surface area contributed by atoms with Crippen molar-refractivity contribution < 1.29 is 14.3 Å². The Hall–Kier alpha value is -2.01. The summed E-state index contributed by atoms with van der Waals surface area (Å²) in [6.45, 7) is 5.39. The quantitative estimate of drug-likeness (QED) is 0.895. The van der Waals surface area contributed by atoms with Crippen molar-refractivity contribution in [3.63, 3.8) is 0 Å². The fourth-order valence-electron chi connectivity index (χ4n) is 3.54. The van der Waals surface area contributed by atoms with E-state index in [2.05, 4.69) is 25.2 Å². The van der Waals surface area contributed by atoms with Gasteiger partial charge in [-0.15, -0.1) is 11.3 Å². The number of hydrogen-bond donors (Lipinski definition) is 1. The zero-order valence-electron chi connectivity index (χ0n) is 14.6. The molecule has 0 bridgehead atoms. The van der Waals surface area contributed by atoms with Gasteiger partial charge in [-0.3, -0.25) is 4.79 Å². The first-order valence-corrected chi connectivity index (χ1v) is 9.75. The Morgan fingerprint density at radius 3 is 2.68 bits per heavy atom. The third-order valence-electron chi connectivity index (χ3n) is 4.85. The molecule has 2 aliphatic rings. The maximum atomic E-state index is 12.8. The summed E-state index contributed by atoms with van der Waals surface area (Å²) in [6, 6.07) is 7.97. The highest BCUT2D eigenvalue weighted by atomic mass is 32.1. The Bertz CT molecular complexity index is 775. The van der Waals surface area contributed by atoms with Crippen molar-refractivity contribution >= 4 is 17.2 Å². The van der Waals surface area contributed by atoms with E-state index in [-0.39, 0.29) is 17.9 Å². The fraction of sp³-hybridized carbons (Fsp3) is 0.450. The lowest BCUT2D eigenvalue weighted by atomic mass is 9.95. The largest absolute Gasteiger partial charge is 0.486 e. The number of rotatable bonds is 4. The summed E-state index contributed by atoms with van der Waals surface area (Å²) in [4.78, 5) is 15.0. The van der Waals surface area contributed by atoms with Crippen LogP contribution in [0.2, 0.25) is 0 Å². The van der Waals surface area contributed by atoms with Crippen molar-refractivity contribution in [3.8, 4) is 11.5 Å². The van der Waals surface area contributed by atoms with Gasteiger partial charge in [0.2, 0.25) is 0 Å². The Balaban J connectivity index is 1.55. The smallest absolute Gasteiger partial charge is 0.261 e. The second-order valence-corrected chi connectivity index (χ2v) is 8.15. The molecule has 5 heteroatoms. The molecule has 25 heavy (non-hydrogen) atoms. The van der Waals surface area contributed by atoms with Crippen LogP contribution in [0.3, 0.4) is 0 Å². The monoisotopic (exact) mass is 357 g/mol. The lowest BCUT2D eigenvalue weighted by molar-refractivity contribution is 0.0929.